The first-order chi connectivity index (χ1) is 25.8. The van der Waals surface area contributed by atoms with Crippen molar-refractivity contribution in [2.45, 2.75) is 73.4 Å². The Balaban J connectivity index is 0.856. The number of hydrogen-bond donors (Lipinski definition) is 1. The zero-order valence-electron chi connectivity index (χ0n) is 29.5. The van der Waals surface area contributed by atoms with Gasteiger partial charge in [-0.25, -0.2) is 13.2 Å². The van der Waals surface area contributed by atoms with Crippen LogP contribution in [0.15, 0.2) is 99.5 Å². The van der Waals surface area contributed by atoms with Gasteiger partial charge in [0.25, 0.3) is 9.84 Å². The van der Waals surface area contributed by atoms with Gasteiger partial charge in [0.1, 0.15) is 12.3 Å². The van der Waals surface area contributed by atoms with E-state index in [9.17, 15) is 23.2 Å². The Kier molecular flexibility index (Phi) is 11.3. The molecule has 0 saturated carbocycles. The third kappa shape index (κ3) is 8.33. The van der Waals surface area contributed by atoms with E-state index in [1.807, 2.05) is 0 Å². The molecule has 4 aromatic rings. The van der Waals surface area contributed by atoms with Crippen LogP contribution in [0.5, 0.6) is 11.6 Å². The number of sulfone groups is 1. The van der Waals surface area contributed by atoms with Crippen LogP contribution in [-0.2, 0) is 25.8 Å². The van der Waals surface area contributed by atoms with E-state index in [0.717, 1.165) is 24.9 Å². The van der Waals surface area contributed by atoms with Crippen LogP contribution in [0, 0.1) is 17.0 Å². The molecule has 3 aromatic carbocycles. The Morgan fingerprint density at radius 1 is 0.962 bits per heavy atom. The second-order valence-corrected chi connectivity index (χ2v) is 15.9. The summed E-state index contributed by atoms with van der Waals surface area (Å²) in [6, 6.07) is 25.9. The van der Waals surface area contributed by atoms with Gasteiger partial charge in [0, 0.05) is 37.2 Å². The molecule has 53 heavy (non-hydrogen) atoms. The van der Waals surface area contributed by atoms with Crippen molar-refractivity contribution in [3.8, 4) is 11.6 Å². The number of amides is 1. The van der Waals surface area contributed by atoms with E-state index in [1.54, 1.807) is 30.3 Å². The van der Waals surface area contributed by atoms with Crippen LogP contribution in [0.2, 0.25) is 0 Å². The number of carbonyl (C=O) groups excluding carboxylic acids is 2. The standard InChI is InChI=1S/C39H45N5O8S/c45-35(17-7-16-34-33-15-9-24-42-23-8-10-29(37(33)42)27-43(34)30-11-3-1-4-12-30)40-26-36(46)51-31-20-18-28(19-21-31)22-25-50-38-39(44(47)52-41-38)53(48,49)32-13-5-2-6-14-32/h1-6,11-14,18-21,29,33-34,37H,7-10,15-17,22-27H2,(H,40,45). The second kappa shape index (κ2) is 16.4. The number of ether oxygens (including phenoxy) is 2. The topological polar surface area (TPSA) is 158 Å². The van der Waals surface area contributed by atoms with E-state index in [-0.39, 0.29) is 28.9 Å². The van der Waals surface area contributed by atoms with Crippen molar-refractivity contribution in [2.75, 3.05) is 37.7 Å². The number of anilines is 1. The summed E-state index contributed by atoms with van der Waals surface area (Å²) in [5.41, 5.74) is 2.07. The Morgan fingerprint density at radius 3 is 2.43 bits per heavy atom. The summed E-state index contributed by atoms with van der Waals surface area (Å²) in [4.78, 5) is 30.5. The van der Waals surface area contributed by atoms with Crippen LogP contribution >= 0.6 is 0 Å². The summed E-state index contributed by atoms with van der Waals surface area (Å²) in [6.45, 7) is 3.23. The van der Waals surface area contributed by atoms with Crippen molar-refractivity contribution < 1.29 is 37.0 Å². The van der Waals surface area contributed by atoms with Gasteiger partial charge < -0.3 is 24.9 Å². The lowest BCUT2D eigenvalue weighted by Gasteiger charge is -2.58. The van der Waals surface area contributed by atoms with Crippen molar-refractivity contribution in [2.24, 2.45) is 11.8 Å². The van der Waals surface area contributed by atoms with Gasteiger partial charge in [-0.15, -0.1) is 0 Å². The van der Waals surface area contributed by atoms with Gasteiger partial charge in [0.15, 0.2) is 0 Å². The maximum Gasteiger partial charge on any atom is 0.414 e. The highest BCUT2D eigenvalue weighted by molar-refractivity contribution is 7.91. The number of carbonyl (C=O) groups is 2. The van der Waals surface area contributed by atoms with Crippen molar-refractivity contribution in [1.82, 2.24) is 15.4 Å². The number of nitrogens with zero attached hydrogens (tertiary/aromatic N) is 4. The molecule has 0 bridgehead atoms. The summed E-state index contributed by atoms with van der Waals surface area (Å²) >= 11 is 0. The first kappa shape index (κ1) is 36.4. The summed E-state index contributed by atoms with van der Waals surface area (Å²) < 4.78 is 41.3. The number of rotatable bonds is 14. The molecule has 4 atom stereocenters. The predicted molar refractivity (Wildman–Crippen MR) is 194 cm³/mol. The van der Waals surface area contributed by atoms with Gasteiger partial charge in [-0.3, -0.25) is 14.3 Å². The average molecular weight is 744 g/mol. The number of esters is 1. The van der Waals surface area contributed by atoms with E-state index >= 15 is 0 Å². The average Bonchev–Trinajstić information content (AvgIpc) is 3.56. The maximum atomic E-state index is 12.9. The van der Waals surface area contributed by atoms with Crippen LogP contribution < -0.4 is 24.6 Å². The van der Waals surface area contributed by atoms with Gasteiger partial charge in [0.2, 0.25) is 5.91 Å². The molecule has 3 saturated heterocycles. The Morgan fingerprint density at radius 2 is 1.68 bits per heavy atom. The van der Waals surface area contributed by atoms with E-state index in [0.29, 0.717) is 42.5 Å². The summed E-state index contributed by atoms with van der Waals surface area (Å²) in [6.07, 6.45) is 7.36. The molecule has 0 aliphatic carbocycles. The highest BCUT2D eigenvalue weighted by Crippen LogP contribution is 2.44. The number of aromatic nitrogens is 2. The number of benzene rings is 3. The zero-order valence-corrected chi connectivity index (χ0v) is 30.4. The molecule has 3 fully saturated rings. The highest BCUT2D eigenvalue weighted by atomic mass is 32.2. The Bertz CT molecular complexity index is 1960. The van der Waals surface area contributed by atoms with Crippen LogP contribution in [0.1, 0.15) is 50.5 Å². The van der Waals surface area contributed by atoms with Gasteiger partial charge in [-0.1, -0.05) is 48.5 Å². The largest absolute Gasteiger partial charge is 0.454 e. The van der Waals surface area contributed by atoms with Crippen molar-refractivity contribution in [3.63, 3.8) is 0 Å². The highest BCUT2D eigenvalue weighted by Gasteiger charge is 2.48. The molecule has 14 heteroatoms. The third-order valence-electron chi connectivity index (χ3n) is 10.7. The fourth-order valence-electron chi connectivity index (χ4n) is 8.41. The van der Waals surface area contributed by atoms with E-state index < -0.39 is 26.7 Å². The quantitative estimate of drug-likeness (QED) is 0.111. The summed E-state index contributed by atoms with van der Waals surface area (Å²) in [5, 5.41) is 17.6. The van der Waals surface area contributed by atoms with E-state index in [4.69, 9.17) is 9.47 Å². The fraction of sp³-hybridized carbons (Fsp3) is 0.436. The monoisotopic (exact) mass is 743 g/mol. The molecular weight excluding hydrogens is 699 g/mol. The lowest BCUT2D eigenvalue weighted by molar-refractivity contribution is -0.832. The van der Waals surface area contributed by atoms with Crippen LogP contribution in [0.25, 0.3) is 0 Å². The normalized spacial score (nSPS) is 21.4. The summed E-state index contributed by atoms with van der Waals surface area (Å²) in [7, 11) is -4.22. The van der Waals surface area contributed by atoms with Crippen molar-refractivity contribution >= 4 is 27.4 Å². The van der Waals surface area contributed by atoms with Crippen LogP contribution in [-0.4, -0.2) is 75.2 Å². The molecule has 280 valence electrons. The Labute approximate surface area is 309 Å². The number of piperidine rings is 3. The first-order valence-electron chi connectivity index (χ1n) is 18.4. The molecule has 1 N–H and O–H groups in total. The minimum Gasteiger partial charge on any atom is -0.454 e. The molecule has 1 aromatic heterocycles. The van der Waals surface area contributed by atoms with Gasteiger partial charge in [-0.2, -0.15) is 0 Å². The number of para-hydroxylation sites is 1. The lowest BCUT2D eigenvalue weighted by Crippen LogP contribution is -2.65. The molecule has 13 nitrogen and oxygen atoms in total. The number of hydrogen-bond acceptors (Lipinski definition) is 11. The number of nitrogens with one attached hydrogen (secondary N) is 1. The van der Waals surface area contributed by atoms with Crippen LogP contribution in [0.3, 0.4) is 0 Å². The Hall–Kier alpha value is -4.95. The summed E-state index contributed by atoms with van der Waals surface area (Å²) in [5.74, 6) is 0.413. The van der Waals surface area contributed by atoms with E-state index in [2.05, 4.69) is 55.2 Å². The van der Waals surface area contributed by atoms with Crippen molar-refractivity contribution in [1.29, 1.82) is 0 Å². The van der Waals surface area contributed by atoms with Crippen LogP contribution in [0.4, 0.5) is 5.69 Å². The molecule has 1 amide bonds. The fourth-order valence-corrected chi connectivity index (χ4v) is 9.70. The molecule has 0 spiro atoms. The second-order valence-electron chi connectivity index (χ2n) is 14.0. The third-order valence-corrected chi connectivity index (χ3v) is 12.5. The molecule has 4 heterocycles. The predicted octanol–water partition coefficient (Wildman–Crippen LogP) is 4.33. The smallest absolute Gasteiger partial charge is 0.414 e. The van der Waals surface area contributed by atoms with Gasteiger partial charge in [0.05, 0.1) is 16.7 Å². The minimum atomic E-state index is -4.22. The minimum absolute atomic E-state index is 0.000241. The molecule has 4 unspecified atom stereocenters. The maximum absolute atomic E-state index is 12.9. The van der Waals surface area contributed by atoms with E-state index in [1.165, 1.54) is 68.7 Å². The molecule has 0 radical (unpaired) electrons. The molecule has 7 rings (SSSR count). The lowest BCUT2D eigenvalue weighted by atomic mass is 9.69. The molecule has 3 aliphatic heterocycles. The van der Waals surface area contributed by atoms with Crippen molar-refractivity contribution in [3.05, 3.63) is 95.7 Å². The first-order valence-corrected chi connectivity index (χ1v) is 19.9. The van der Waals surface area contributed by atoms with Gasteiger partial charge in [-0.05, 0) is 110 Å². The molecular formula is C39H45N5O8S. The van der Waals surface area contributed by atoms with Gasteiger partial charge >= 0.3 is 16.9 Å². The molecule has 3 aliphatic rings. The zero-order chi connectivity index (χ0) is 36.8. The SMILES string of the molecule is O=C(CCCC1C2CCCN3CCCC(CN1c1ccccc1)C23)NCC(=O)Oc1ccc(CCOc2no[n+]([O-])c2S(=O)(=O)c2ccccc2)cc1.